The maximum Gasteiger partial charge on any atom is 0.307 e. The van der Waals surface area contributed by atoms with Gasteiger partial charge in [-0.1, -0.05) is 0 Å². The zero-order chi connectivity index (χ0) is 15.8. The minimum Gasteiger partial charge on any atom is -0.481 e. The predicted octanol–water partition coefficient (Wildman–Crippen LogP) is 2.01. The minimum absolute atomic E-state index is 0.0750. The van der Waals surface area contributed by atoms with Crippen LogP contribution in [0.15, 0.2) is 23.1 Å². The molecule has 1 aromatic carbocycles. The van der Waals surface area contributed by atoms with Crippen molar-refractivity contribution in [2.45, 2.75) is 37.6 Å². The molecule has 5 nitrogen and oxygen atoms in total. The molecule has 2 unspecified atom stereocenters. The van der Waals surface area contributed by atoms with Gasteiger partial charge in [0.2, 0.25) is 10.0 Å². The van der Waals surface area contributed by atoms with Crippen LogP contribution in [0.25, 0.3) is 0 Å². The van der Waals surface area contributed by atoms with Crippen molar-refractivity contribution in [3.63, 3.8) is 0 Å². The number of carboxylic acid groups (broad SMARTS) is 1. The van der Waals surface area contributed by atoms with Gasteiger partial charge in [-0.3, -0.25) is 4.79 Å². The lowest BCUT2D eigenvalue weighted by Crippen LogP contribution is -2.47. The van der Waals surface area contributed by atoms with E-state index in [2.05, 4.69) is 0 Å². The summed E-state index contributed by atoms with van der Waals surface area (Å²) in [6, 6.07) is 3.32. The fourth-order valence-electron chi connectivity index (χ4n) is 2.60. The van der Waals surface area contributed by atoms with Crippen LogP contribution < -0.4 is 0 Å². The van der Waals surface area contributed by atoms with E-state index in [-0.39, 0.29) is 17.5 Å². The normalized spacial score (nSPS) is 24.0. The van der Waals surface area contributed by atoms with Gasteiger partial charge in [-0.15, -0.1) is 0 Å². The first-order chi connectivity index (χ1) is 9.71. The Bertz CT molecular complexity index is 639. The monoisotopic (exact) mass is 315 g/mol. The summed E-state index contributed by atoms with van der Waals surface area (Å²) in [5.74, 6) is -2.34. The van der Waals surface area contributed by atoms with Crippen LogP contribution in [0.4, 0.5) is 4.39 Å². The zero-order valence-corrected chi connectivity index (χ0v) is 12.7. The van der Waals surface area contributed by atoms with Gasteiger partial charge in [-0.25, -0.2) is 12.8 Å². The summed E-state index contributed by atoms with van der Waals surface area (Å²) < 4.78 is 39.9. The molecule has 1 heterocycles. The summed E-state index contributed by atoms with van der Waals surface area (Å²) in [4.78, 5) is 11.0. The van der Waals surface area contributed by atoms with Gasteiger partial charge >= 0.3 is 5.97 Å². The molecule has 0 saturated carbocycles. The maximum absolute atomic E-state index is 13.5. The van der Waals surface area contributed by atoms with Crippen LogP contribution in [-0.2, 0) is 14.8 Å². The molecule has 21 heavy (non-hydrogen) atoms. The van der Waals surface area contributed by atoms with E-state index in [1.165, 1.54) is 16.4 Å². The van der Waals surface area contributed by atoms with Gasteiger partial charge in [0.15, 0.2) is 0 Å². The second-order valence-corrected chi connectivity index (χ2v) is 7.39. The van der Waals surface area contributed by atoms with Crippen molar-refractivity contribution < 1.29 is 22.7 Å². The molecule has 0 amide bonds. The summed E-state index contributed by atoms with van der Waals surface area (Å²) in [6.07, 6.45) is 0.926. The Morgan fingerprint density at radius 2 is 2.00 bits per heavy atom. The molecule has 2 rings (SSSR count). The molecule has 0 radical (unpaired) electrons. The van der Waals surface area contributed by atoms with Crippen LogP contribution >= 0.6 is 0 Å². The molecule has 1 fully saturated rings. The minimum atomic E-state index is -3.89. The summed E-state index contributed by atoms with van der Waals surface area (Å²) in [7, 11) is -3.89. The molecule has 1 saturated heterocycles. The molecule has 7 heteroatoms. The standard InChI is InChI=1S/C14H18FNO4S/c1-9-5-12(15)7-13(6-9)21(19,20)16-8-11(14(17)18)4-3-10(16)2/h5-7,10-11H,3-4,8H2,1-2H3,(H,17,18). The number of hydrogen-bond acceptors (Lipinski definition) is 3. The van der Waals surface area contributed by atoms with Crippen molar-refractivity contribution in [2.24, 2.45) is 5.92 Å². The van der Waals surface area contributed by atoms with E-state index < -0.39 is 27.7 Å². The van der Waals surface area contributed by atoms with Crippen molar-refractivity contribution in [1.82, 2.24) is 4.31 Å². The van der Waals surface area contributed by atoms with E-state index in [0.717, 1.165) is 6.07 Å². The quantitative estimate of drug-likeness (QED) is 0.926. The van der Waals surface area contributed by atoms with E-state index in [1.54, 1.807) is 13.8 Å². The Kier molecular flexibility index (Phi) is 4.34. The Hall–Kier alpha value is -1.47. The molecule has 1 aliphatic rings. The molecular formula is C14H18FNO4S. The third-order valence-corrected chi connectivity index (χ3v) is 5.75. The number of piperidine rings is 1. The number of sulfonamides is 1. The molecule has 0 spiro atoms. The molecule has 0 bridgehead atoms. The van der Waals surface area contributed by atoms with Gasteiger partial charge in [-0.2, -0.15) is 4.31 Å². The molecular weight excluding hydrogens is 297 g/mol. The maximum atomic E-state index is 13.5. The number of nitrogens with zero attached hydrogens (tertiary/aromatic N) is 1. The largest absolute Gasteiger partial charge is 0.481 e. The van der Waals surface area contributed by atoms with E-state index in [9.17, 15) is 17.6 Å². The number of carbonyl (C=O) groups is 1. The van der Waals surface area contributed by atoms with Gasteiger partial charge < -0.3 is 5.11 Å². The number of benzene rings is 1. The molecule has 1 N–H and O–H groups in total. The summed E-state index contributed by atoms with van der Waals surface area (Å²) in [5.41, 5.74) is 0.507. The van der Waals surface area contributed by atoms with E-state index >= 15 is 0 Å². The van der Waals surface area contributed by atoms with Crippen LogP contribution in [0.1, 0.15) is 25.3 Å². The van der Waals surface area contributed by atoms with Crippen molar-refractivity contribution in [1.29, 1.82) is 0 Å². The fourth-order valence-corrected chi connectivity index (χ4v) is 4.42. The van der Waals surface area contributed by atoms with Crippen molar-refractivity contribution >= 4 is 16.0 Å². The van der Waals surface area contributed by atoms with Gasteiger partial charge in [0.05, 0.1) is 10.8 Å². The molecule has 1 aromatic rings. The highest BCUT2D eigenvalue weighted by Gasteiger charge is 2.37. The van der Waals surface area contributed by atoms with Crippen molar-refractivity contribution in [2.75, 3.05) is 6.54 Å². The van der Waals surface area contributed by atoms with Crippen LogP contribution in [0.5, 0.6) is 0 Å². The molecule has 0 aliphatic carbocycles. The van der Waals surface area contributed by atoms with Crippen LogP contribution in [0.3, 0.4) is 0 Å². The number of rotatable bonds is 3. The van der Waals surface area contributed by atoms with Gasteiger partial charge in [0.1, 0.15) is 5.82 Å². The summed E-state index contributed by atoms with van der Waals surface area (Å²) >= 11 is 0. The molecule has 1 aliphatic heterocycles. The van der Waals surface area contributed by atoms with E-state index in [4.69, 9.17) is 5.11 Å². The fraction of sp³-hybridized carbons (Fsp3) is 0.500. The zero-order valence-electron chi connectivity index (χ0n) is 11.9. The van der Waals surface area contributed by atoms with Crippen LogP contribution in [0.2, 0.25) is 0 Å². The Labute approximate surface area is 123 Å². The van der Waals surface area contributed by atoms with Crippen molar-refractivity contribution in [3.05, 3.63) is 29.6 Å². The molecule has 2 atom stereocenters. The average Bonchev–Trinajstić information content (AvgIpc) is 2.37. The summed E-state index contributed by atoms with van der Waals surface area (Å²) in [6.45, 7) is 3.28. The third-order valence-electron chi connectivity index (χ3n) is 3.80. The molecule has 116 valence electrons. The Morgan fingerprint density at radius 3 is 2.57 bits per heavy atom. The average molecular weight is 315 g/mol. The smallest absolute Gasteiger partial charge is 0.307 e. The topological polar surface area (TPSA) is 74.7 Å². The second kappa shape index (κ2) is 5.73. The lowest BCUT2D eigenvalue weighted by molar-refractivity contribution is -0.143. The number of aryl methyl sites for hydroxylation is 1. The number of halogens is 1. The third kappa shape index (κ3) is 3.24. The first-order valence-electron chi connectivity index (χ1n) is 6.73. The Morgan fingerprint density at radius 1 is 1.33 bits per heavy atom. The summed E-state index contributed by atoms with van der Waals surface area (Å²) in [5, 5.41) is 9.09. The number of aliphatic carboxylic acids is 1. The van der Waals surface area contributed by atoms with Gasteiger partial charge in [0.25, 0.3) is 0 Å². The van der Waals surface area contributed by atoms with E-state index in [1.807, 2.05) is 0 Å². The highest BCUT2D eigenvalue weighted by Crippen LogP contribution is 2.29. The predicted molar refractivity (Wildman–Crippen MR) is 74.9 cm³/mol. The van der Waals surface area contributed by atoms with Gasteiger partial charge in [0, 0.05) is 12.6 Å². The van der Waals surface area contributed by atoms with Crippen LogP contribution in [-0.4, -0.2) is 36.4 Å². The first kappa shape index (κ1) is 15.9. The first-order valence-corrected chi connectivity index (χ1v) is 8.17. The highest BCUT2D eigenvalue weighted by molar-refractivity contribution is 7.89. The van der Waals surface area contributed by atoms with Crippen molar-refractivity contribution in [3.8, 4) is 0 Å². The highest BCUT2D eigenvalue weighted by atomic mass is 32.2. The lowest BCUT2D eigenvalue weighted by Gasteiger charge is -2.35. The van der Waals surface area contributed by atoms with E-state index in [0.29, 0.717) is 18.4 Å². The SMILES string of the molecule is Cc1cc(F)cc(S(=O)(=O)N2CC(C(=O)O)CCC2C)c1. The number of hydrogen-bond donors (Lipinski definition) is 1. The Balaban J connectivity index is 2.39. The molecule has 0 aromatic heterocycles. The number of carboxylic acids is 1. The van der Waals surface area contributed by atoms with Crippen LogP contribution in [0, 0.1) is 18.7 Å². The second-order valence-electron chi connectivity index (χ2n) is 5.50. The van der Waals surface area contributed by atoms with Gasteiger partial charge in [-0.05, 0) is 50.5 Å². The lowest BCUT2D eigenvalue weighted by atomic mass is 9.96.